The molecule has 1 N–H and O–H groups in total. The van der Waals surface area contributed by atoms with Crippen LogP contribution in [0, 0.1) is 5.82 Å². The molecule has 0 aromatic heterocycles. The van der Waals surface area contributed by atoms with E-state index in [2.05, 4.69) is 21.2 Å². The molecule has 0 fully saturated rings. The Morgan fingerprint density at radius 3 is 2.68 bits per heavy atom. The molecule has 0 amide bonds. The lowest BCUT2D eigenvalue weighted by Gasteiger charge is -2.12. The molecule has 0 atom stereocenters. The van der Waals surface area contributed by atoms with Crippen molar-refractivity contribution in [3.8, 4) is 11.5 Å². The molecule has 2 aromatic rings. The lowest BCUT2D eigenvalue weighted by Crippen LogP contribution is -2.06. The maximum absolute atomic E-state index is 13.8. The topological polar surface area (TPSA) is 21.3 Å². The molecule has 2 rings (SSSR count). The third kappa shape index (κ3) is 3.69. The van der Waals surface area contributed by atoms with Crippen molar-refractivity contribution in [2.24, 2.45) is 0 Å². The Morgan fingerprint density at radius 2 is 2.00 bits per heavy atom. The fourth-order valence-electron chi connectivity index (χ4n) is 1.64. The first-order valence-corrected chi connectivity index (χ1v) is 6.83. The minimum Gasteiger partial charge on any atom is -0.454 e. The molecule has 2 nitrogen and oxygen atoms in total. The molecule has 0 aliphatic rings. The standard InChI is InChI=1S/C14H12BrClFNO/c1-18-8-9-2-4-11(16)7-14(9)19-13-5-3-10(15)6-12(13)17/h2-7,18H,8H2,1H3. The zero-order chi connectivity index (χ0) is 13.8. The molecule has 0 unspecified atom stereocenters. The van der Waals surface area contributed by atoms with Gasteiger partial charge in [-0.05, 0) is 37.4 Å². The fraction of sp³-hybridized carbons (Fsp3) is 0.143. The van der Waals surface area contributed by atoms with E-state index in [9.17, 15) is 4.39 Å². The Kier molecular flexibility index (Phi) is 4.80. The van der Waals surface area contributed by atoms with Gasteiger partial charge >= 0.3 is 0 Å². The average molecular weight is 345 g/mol. The van der Waals surface area contributed by atoms with Crippen molar-refractivity contribution in [1.82, 2.24) is 5.32 Å². The number of nitrogens with one attached hydrogen (secondary N) is 1. The SMILES string of the molecule is CNCc1ccc(Cl)cc1Oc1ccc(Br)cc1F. The first-order valence-electron chi connectivity index (χ1n) is 5.66. The molecule has 0 aliphatic heterocycles. The summed E-state index contributed by atoms with van der Waals surface area (Å²) >= 11 is 9.15. The van der Waals surface area contributed by atoms with Crippen molar-refractivity contribution in [3.05, 3.63) is 57.3 Å². The molecular weight excluding hydrogens is 333 g/mol. The van der Waals surface area contributed by atoms with Crippen molar-refractivity contribution in [1.29, 1.82) is 0 Å². The van der Waals surface area contributed by atoms with Gasteiger partial charge in [0.15, 0.2) is 11.6 Å². The molecular formula is C14H12BrClFNO. The number of rotatable bonds is 4. The van der Waals surface area contributed by atoms with Crippen LogP contribution in [-0.2, 0) is 6.54 Å². The molecule has 0 saturated heterocycles. The molecule has 0 spiro atoms. The molecule has 100 valence electrons. The summed E-state index contributed by atoms with van der Waals surface area (Å²) in [5, 5.41) is 3.58. The summed E-state index contributed by atoms with van der Waals surface area (Å²) in [7, 11) is 1.83. The summed E-state index contributed by atoms with van der Waals surface area (Å²) in [6, 6.07) is 9.96. The maximum Gasteiger partial charge on any atom is 0.166 e. The Labute approximate surface area is 124 Å². The summed E-state index contributed by atoms with van der Waals surface area (Å²) in [6.07, 6.45) is 0. The average Bonchev–Trinajstić information content (AvgIpc) is 2.36. The predicted octanol–water partition coefficient (Wildman–Crippen LogP) is 4.75. The lowest BCUT2D eigenvalue weighted by molar-refractivity contribution is 0.436. The van der Waals surface area contributed by atoms with Crippen molar-refractivity contribution < 1.29 is 9.13 Å². The van der Waals surface area contributed by atoms with Crippen LogP contribution < -0.4 is 10.1 Å². The molecule has 2 aromatic carbocycles. The molecule has 0 heterocycles. The van der Waals surface area contributed by atoms with Crippen LogP contribution in [0.4, 0.5) is 4.39 Å². The molecule has 0 saturated carbocycles. The van der Waals surface area contributed by atoms with Crippen LogP contribution in [0.1, 0.15) is 5.56 Å². The second-order valence-corrected chi connectivity index (χ2v) is 5.31. The van der Waals surface area contributed by atoms with Gasteiger partial charge < -0.3 is 10.1 Å². The van der Waals surface area contributed by atoms with Gasteiger partial charge in [0.2, 0.25) is 0 Å². The number of benzene rings is 2. The van der Waals surface area contributed by atoms with E-state index in [1.807, 2.05) is 13.1 Å². The predicted molar refractivity (Wildman–Crippen MR) is 78.4 cm³/mol. The second kappa shape index (κ2) is 6.37. The van der Waals surface area contributed by atoms with Gasteiger partial charge in [-0.3, -0.25) is 0 Å². The van der Waals surface area contributed by atoms with Gasteiger partial charge in [-0.25, -0.2) is 4.39 Å². The normalized spacial score (nSPS) is 10.5. The number of hydrogen-bond acceptors (Lipinski definition) is 2. The highest BCUT2D eigenvalue weighted by Crippen LogP contribution is 2.31. The van der Waals surface area contributed by atoms with Crippen LogP contribution in [0.25, 0.3) is 0 Å². The first-order chi connectivity index (χ1) is 9.10. The van der Waals surface area contributed by atoms with E-state index < -0.39 is 5.82 Å². The van der Waals surface area contributed by atoms with Gasteiger partial charge in [0.05, 0.1) is 0 Å². The van der Waals surface area contributed by atoms with E-state index in [1.54, 1.807) is 24.3 Å². The summed E-state index contributed by atoms with van der Waals surface area (Å²) in [5.74, 6) is 0.288. The van der Waals surface area contributed by atoms with Crippen molar-refractivity contribution in [2.75, 3.05) is 7.05 Å². The third-order valence-corrected chi connectivity index (χ3v) is 3.24. The summed E-state index contributed by atoms with van der Waals surface area (Å²) in [6.45, 7) is 0.616. The quantitative estimate of drug-likeness (QED) is 0.864. The summed E-state index contributed by atoms with van der Waals surface area (Å²) < 4.78 is 20.0. The summed E-state index contributed by atoms with van der Waals surface area (Å²) in [5.41, 5.74) is 0.911. The zero-order valence-electron chi connectivity index (χ0n) is 10.2. The second-order valence-electron chi connectivity index (χ2n) is 3.96. The van der Waals surface area contributed by atoms with E-state index in [4.69, 9.17) is 16.3 Å². The Morgan fingerprint density at radius 1 is 1.21 bits per heavy atom. The van der Waals surface area contributed by atoms with Crippen LogP contribution in [0.2, 0.25) is 5.02 Å². The smallest absolute Gasteiger partial charge is 0.166 e. The van der Waals surface area contributed by atoms with Gasteiger partial charge in [0, 0.05) is 21.6 Å². The molecule has 19 heavy (non-hydrogen) atoms. The van der Waals surface area contributed by atoms with Crippen LogP contribution in [-0.4, -0.2) is 7.05 Å². The van der Waals surface area contributed by atoms with Crippen molar-refractivity contribution in [2.45, 2.75) is 6.54 Å². The fourth-order valence-corrected chi connectivity index (χ4v) is 2.13. The van der Waals surface area contributed by atoms with Gasteiger partial charge in [-0.15, -0.1) is 0 Å². The van der Waals surface area contributed by atoms with Crippen molar-refractivity contribution >= 4 is 27.5 Å². The number of halogens is 3. The highest BCUT2D eigenvalue weighted by Gasteiger charge is 2.09. The molecule has 0 radical (unpaired) electrons. The maximum atomic E-state index is 13.8. The van der Waals surface area contributed by atoms with E-state index >= 15 is 0 Å². The van der Waals surface area contributed by atoms with Crippen LogP contribution >= 0.6 is 27.5 Å². The highest BCUT2D eigenvalue weighted by molar-refractivity contribution is 9.10. The molecule has 5 heteroatoms. The number of ether oxygens (including phenoxy) is 1. The van der Waals surface area contributed by atoms with E-state index in [0.717, 1.165) is 5.56 Å². The largest absolute Gasteiger partial charge is 0.454 e. The zero-order valence-corrected chi connectivity index (χ0v) is 12.6. The van der Waals surface area contributed by atoms with Crippen LogP contribution in [0.5, 0.6) is 11.5 Å². The van der Waals surface area contributed by atoms with E-state index in [1.165, 1.54) is 6.07 Å². The minimum absolute atomic E-state index is 0.169. The molecule has 0 bridgehead atoms. The third-order valence-electron chi connectivity index (χ3n) is 2.51. The van der Waals surface area contributed by atoms with Gasteiger partial charge in [-0.2, -0.15) is 0 Å². The van der Waals surface area contributed by atoms with Gasteiger partial charge in [0.1, 0.15) is 5.75 Å². The molecule has 0 aliphatic carbocycles. The first kappa shape index (κ1) is 14.3. The van der Waals surface area contributed by atoms with Crippen LogP contribution in [0.15, 0.2) is 40.9 Å². The monoisotopic (exact) mass is 343 g/mol. The Balaban J connectivity index is 2.33. The number of hydrogen-bond donors (Lipinski definition) is 1. The Bertz CT molecular complexity index is 592. The lowest BCUT2D eigenvalue weighted by atomic mass is 10.2. The van der Waals surface area contributed by atoms with Gasteiger partial charge in [-0.1, -0.05) is 33.6 Å². The Hall–Kier alpha value is -1.10. The van der Waals surface area contributed by atoms with Crippen LogP contribution in [0.3, 0.4) is 0 Å². The van der Waals surface area contributed by atoms with E-state index in [-0.39, 0.29) is 5.75 Å². The highest BCUT2D eigenvalue weighted by atomic mass is 79.9. The van der Waals surface area contributed by atoms with Crippen molar-refractivity contribution in [3.63, 3.8) is 0 Å². The van der Waals surface area contributed by atoms with E-state index in [0.29, 0.717) is 21.8 Å². The van der Waals surface area contributed by atoms with Gasteiger partial charge in [0.25, 0.3) is 0 Å². The minimum atomic E-state index is -0.426. The summed E-state index contributed by atoms with van der Waals surface area (Å²) in [4.78, 5) is 0.